The first-order valence-corrected chi connectivity index (χ1v) is 9.29. The van der Waals surface area contributed by atoms with Crippen LogP contribution in [0.5, 0.6) is 0 Å². The summed E-state index contributed by atoms with van der Waals surface area (Å²) in [5, 5.41) is 0.646. The molecule has 0 aliphatic rings. The first-order chi connectivity index (χ1) is 11.8. The molecule has 25 heavy (non-hydrogen) atoms. The Labute approximate surface area is 153 Å². The second-order valence-corrected chi connectivity index (χ2v) is 7.60. The van der Waals surface area contributed by atoms with E-state index in [0.29, 0.717) is 11.1 Å². The summed E-state index contributed by atoms with van der Waals surface area (Å²) < 4.78 is 30.2. The highest BCUT2D eigenvalue weighted by atomic mass is 35.5. The second-order valence-electron chi connectivity index (χ2n) is 5.16. The molecule has 1 heterocycles. The number of amides is 1. The number of fused-ring (bicyclic) bond motifs is 1. The number of rotatable bonds is 4. The van der Waals surface area contributed by atoms with Gasteiger partial charge < -0.3 is 4.42 Å². The van der Waals surface area contributed by atoms with E-state index in [-0.39, 0.29) is 20.7 Å². The normalized spacial score (nSPS) is 11.6. The van der Waals surface area contributed by atoms with E-state index in [4.69, 9.17) is 27.6 Å². The van der Waals surface area contributed by atoms with Gasteiger partial charge in [-0.3, -0.25) is 10.2 Å². The number of hydrazine groups is 1. The molecule has 0 spiro atoms. The predicted octanol–water partition coefficient (Wildman–Crippen LogP) is 3.67. The number of carbonyl (C=O) groups excluding carboxylic acids is 1. The zero-order chi connectivity index (χ0) is 18.2. The molecular formula is C16H12Cl2N2O4S. The average Bonchev–Trinajstić information content (AvgIpc) is 2.90. The van der Waals surface area contributed by atoms with Crippen molar-refractivity contribution in [1.82, 2.24) is 10.3 Å². The lowest BCUT2D eigenvalue weighted by Gasteiger charge is -2.10. The molecule has 0 saturated carbocycles. The van der Waals surface area contributed by atoms with Gasteiger partial charge in [0.15, 0.2) is 5.76 Å². The van der Waals surface area contributed by atoms with Gasteiger partial charge in [-0.25, -0.2) is 8.42 Å². The summed E-state index contributed by atoms with van der Waals surface area (Å²) in [6, 6.07) is 11.4. The molecule has 130 valence electrons. The number of sulfonamides is 1. The number of halogens is 2. The molecule has 1 amide bonds. The van der Waals surface area contributed by atoms with Crippen molar-refractivity contribution in [2.75, 3.05) is 0 Å². The molecule has 2 aromatic carbocycles. The first kappa shape index (κ1) is 17.8. The third-order valence-corrected chi connectivity index (χ3v) is 5.74. The highest BCUT2D eigenvalue weighted by Crippen LogP contribution is 2.28. The molecule has 0 atom stereocenters. The summed E-state index contributed by atoms with van der Waals surface area (Å²) in [5.41, 5.74) is 3.24. The SMILES string of the molecule is Cc1c(C(=O)NNS(=O)(=O)c2c(Cl)cccc2Cl)oc2ccccc12. The summed E-state index contributed by atoms with van der Waals surface area (Å²) in [7, 11) is -4.16. The Bertz CT molecular complexity index is 1060. The molecule has 2 N–H and O–H groups in total. The highest BCUT2D eigenvalue weighted by Gasteiger charge is 2.24. The Morgan fingerprint density at radius 3 is 2.32 bits per heavy atom. The number of benzene rings is 2. The van der Waals surface area contributed by atoms with Crippen molar-refractivity contribution in [2.45, 2.75) is 11.8 Å². The van der Waals surface area contributed by atoms with Crippen molar-refractivity contribution in [3.8, 4) is 0 Å². The largest absolute Gasteiger partial charge is 0.451 e. The van der Waals surface area contributed by atoms with Gasteiger partial charge in [0, 0.05) is 10.9 Å². The molecule has 0 radical (unpaired) electrons. The zero-order valence-corrected chi connectivity index (χ0v) is 15.2. The van der Waals surface area contributed by atoms with Crippen LogP contribution in [-0.2, 0) is 10.0 Å². The van der Waals surface area contributed by atoms with Crippen molar-refractivity contribution in [2.24, 2.45) is 0 Å². The molecule has 6 nitrogen and oxygen atoms in total. The number of furan rings is 1. The van der Waals surface area contributed by atoms with E-state index in [1.807, 2.05) is 10.9 Å². The zero-order valence-electron chi connectivity index (χ0n) is 12.8. The van der Waals surface area contributed by atoms with Crippen LogP contribution in [-0.4, -0.2) is 14.3 Å². The molecule has 1 aromatic heterocycles. The van der Waals surface area contributed by atoms with Crippen LogP contribution in [0.1, 0.15) is 16.1 Å². The Balaban J connectivity index is 1.85. The molecule has 9 heteroatoms. The number of hydrogen-bond acceptors (Lipinski definition) is 4. The lowest BCUT2D eigenvalue weighted by molar-refractivity contribution is 0.0918. The van der Waals surface area contributed by atoms with Crippen LogP contribution in [0.2, 0.25) is 10.0 Å². The number of carbonyl (C=O) groups is 1. The van der Waals surface area contributed by atoms with Crippen LogP contribution in [0.4, 0.5) is 0 Å². The third kappa shape index (κ3) is 3.36. The van der Waals surface area contributed by atoms with Crippen LogP contribution in [0.3, 0.4) is 0 Å². The Hall–Kier alpha value is -2.06. The van der Waals surface area contributed by atoms with E-state index in [9.17, 15) is 13.2 Å². The van der Waals surface area contributed by atoms with Crippen LogP contribution < -0.4 is 10.3 Å². The standard InChI is InChI=1S/C16H12Cl2N2O4S/c1-9-10-5-2-3-8-13(10)24-14(9)16(21)19-20-25(22,23)15-11(17)6-4-7-12(15)18/h2-8,20H,1H3,(H,19,21). The number of para-hydroxylation sites is 1. The van der Waals surface area contributed by atoms with E-state index in [0.717, 1.165) is 5.39 Å². The molecule has 0 aliphatic carbocycles. The van der Waals surface area contributed by atoms with Gasteiger partial charge >= 0.3 is 5.91 Å². The summed E-state index contributed by atoms with van der Waals surface area (Å²) in [6.45, 7) is 1.71. The minimum atomic E-state index is -4.16. The van der Waals surface area contributed by atoms with E-state index < -0.39 is 15.9 Å². The fourth-order valence-corrected chi connectivity index (χ4v) is 4.34. The Morgan fingerprint density at radius 2 is 1.68 bits per heavy atom. The summed E-state index contributed by atoms with van der Waals surface area (Å²) in [6.07, 6.45) is 0. The predicted molar refractivity (Wildman–Crippen MR) is 95.2 cm³/mol. The van der Waals surface area contributed by atoms with E-state index in [1.165, 1.54) is 18.2 Å². The summed E-state index contributed by atoms with van der Waals surface area (Å²) in [4.78, 5) is 13.9. The number of nitrogens with one attached hydrogen (secondary N) is 2. The van der Waals surface area contributed by atoms with E-state index in [2.05, 4.69) is 5.43 Å². The molecule has 0 fully saturated rings. The molecular weight excluding hydrogens is 387 g/mol. The van der Waals surface area contributed by atoms with E-state index in [1.54, 1.807) is 25.1 Å². The molecule has 0 saturated heterocycles. The number of hydrogen-bond donors (Lipinski definition) is 2. The minimum absolute atomic E-state index is 0.00848. The quantitative estimate of drug-likeness (QED) is 0.656. The molecule has 0 bridgehead atoms. The van der Waals surface area contributed by atoms with Crippen molar-refractivity contribution < 1.29 is 17.6 Å². The maximum absolute atomic E-state index is 12.3. The van der Waals surface area contributed by atoms with Gasteiger partial charge in [-0.1, -0.05) is 47.5 Å². The van der Waals surface area contributed by atoms with Gasteiger partial charge in [-0.2, -0.15) is 0 Å². The number of aryl methyl sites for hydroxylation is 1. The van der Waals surface area contributed by atoms with Gasteiger partial charge in [0.2, 0.25) is 0 Å². The van der Waals surface area contributed by atoms with Crippen LogP contribution in [0.25, 0.3) is 11.0 Å². The summed E-state index contributed by atoms with van der Waals surface area (Å²) in [5.74, 6) is -0.727. The first-order valence-electron chi connectivity index (χ1n) is 7.05. The highest BCUT2D eigenvalue weighted by molar-refractivity contribution is 7.89. The molecule has 3 aromatic rings. The van der Waals surface area contributed by atoms with Gasteiger partial charge in [0.1, 0.15) is 10.5 Å². The fourth-order valence-electron chi connectivity index (χ4n) is 2.35. The van der Waals surface area contributed by atoms with Crippen LogP contribution in [0, 0.1) is 6.92 Å². The molecule has 3 rings (SSSR count). The molecule has 0 aliphatic heterocycles. The summed E-state index contributed by atoms with van der Waals surface area (Å²) >= 11 is 11.8. The topological polar surface area (TPSA) is 88.4 Å². The second kappa shape index (κ2) is 6.68. The smallest absolute Gasteiger partial charge is 0.302 e. The van der Waals surface area contributed by atoms with Crippen molar-refractivity contribution in [3.63, 3.8) is 0 Å². The van der Waals surface area contributed by atoms with Crippen LogP contribution >= 0.6 is 23.2 Å². The Kier molecular flexibility index (Phi) is 4.75. The lowest BCUT2D eigenvalue weighted by Crippen LogP contribution is -2.41. The lowest BCUT2D eigenvalue weighted by atomic mass is 10.1. The average molecular weight is 399 g/mol. The van der Waals surface area contributed by atoms with Gasteiger partial charge in [-0.15, -0.1) is 4.83 Å². The van der Waals surface area contributed by atoms with Gasteiger partial charge in [0.25, 0.3) is 10.0 Å². The fraction of sp³-hybridized carbons (Fsp3) is 0.0625. The van der Waals surface area contributed by atoms with Crippen molar-refractivity contribution in [1.29, 1.82) is 0 Å². The monoisotopic (exact) mass is 398 g/mol. The van der Waals surface area contributed by atoms with Crippen LogP contribution in [0.15, 0.2) is 51.8 Å². The van der Waals surface area contributed by atoms with Crippen molar-refractivity contribution >= 4 is 50.1 Å². The maximum atomic E-state index is 12.3. The van der Waals surface area contributed by atoms with E-state index >= 15 is 0 Å². The van der Waals surface area contributed by atoms with Crippen molar-refractivity contribution in [3.05, 3.63) is 63.8 Å². The third-order valence-electron chi connectivity index (χ3n) is 3.54. The Morgan fingerprint density at radius 1 is 1.04 bits per heavy atom. The van der Waals surface area contributed by atoms with Gasteiger partial charge in [0.05, 0.1) is 10.0 Å². The minimum Gasteiger partial charge on any atom is -0.451 e. The maximum Gasteiger partial charge on any atom is 0.302 e. The van der Waals surface area contributed by atoms with Gasteiger partial charge in [-0.05, 0) is 25.1 Å². The molecule has 0 unspecified atom stereocenters.